The van der Waals surface area contributed by atoms with Crippen molar-refractivity contribution < 1.29 is 19.0 Å². The number of nitrogens with two attached hydrogens (primary N) is 2. The van der Waals surface area contributed by atoms with Crippen LogP contribution in [0, 0.1) is 0 Å². The van der Waals surface area contributed by atoms with Crippen molar-refractivity contribution in [2.75, 3.05) is 56.4 Å². The molecule has 0 radical (unpaired) electrons. The van der Waals surface area contributed by atoms with Crippen LogP contribution in [0.25, 0.3) is 0 Å². The summed E-state index contributed by atoms with van der Waals surface area (Å²) in [6.07, 6.45) is 1.75. The minimum atomic E-state index is -0.350. The van der Waals surface area contributed by atoms with E-state index in [9.17, 15) is 4.79 Å². The average Bonchev–Trinajstić information content (AvgIpc) is 2.67. The van der Waals surface area contributed by atoms with Gasteiger partial charge in [-0.3, -0.25) is 0 Å². The largest absolute Gasteiger partial charge is 0.493 e. The van der Waals surface area contributed by atoms with E-state index in [1.165, 1.54) is 0 Å². The van der Waals surface area contributed by atoms with Crippen molar-refractivity contribution in [3.63, 3.8) is 0 Å². The highest BCUT2D eigenvalue weighted by atomic mass is 32.2. The first-order valence-corrected chi connectivity index (χ1v) is 11.1. The maximum Gasteiger partial charge on any atom is 0.338 e. The molecule has 4 N–H and O–H groups in total. The van der Waals surface area contributed by atoms with Gasteiger partial charge in [0.25, 0.3) is 0 Å². The fourth-order valence-electron chi connectivity index (χ4n) is 2.04. The summed E-state index contributed by atoms with van der Waals surface area (Å²) in [7, 11) is 1.56. The maximum absolute atomic E-state index is 12.1. The smallest absolute Gasteiger partial charge is 0.338 e. The van der Waals surface area contributed by atoms with Crippen molar-refractivity contribution in [1.29, 1.82) is 0 Å². The van der Waals surface area contributed by atoms with Crippen molar-refractivity contribution in [3.05, 3.63) is 23.8 Å². The molecule has 0 saturated carbocycles. The Bertz CT molecular complexity index is 518. The van der Waals surface area contributed by atoms with Crippen LogP contribution in [-0.2, 0) is 4.74 Å². The zero-order valence-corrected chi connectivity index (χ0v) is 17.0. The van der Waals surface area contributed by atoms with Crippen LogP contribution >= 0.6 is 23.5 Å². The molecule has 0 saturated heterocycles. The van der Waals surface area contributed by atoms with Gasteiger partial charge in [0.2, 0.25) is 0 Å². The zero-order chi connectivity index (χ0) is 19.0. The molecule has 0 aliphatic carbocycles. The number of thioether (sulfide) groups is 2. The predicted molar refractivity (Wildman–Crippen MR) is 111 cm³/mol. The van der Waals surface area contributed by atoms with Gasteiger partial charge in [-0.25, -0.2) is 4.79 Å². The van der Waals surface area contributed by atoms with Crippen molar-refractivity contribution in [2.45, 2.75) is 12.8 Å². The molecule has 0 heterocycles. The molecule has 1 rings (SSSR count). The lowest BCUT2D eigenvalue weighted by Gasteiger charge is -2.12. The molecule has 0 aromatic heterocycles. The fourth-order valence-corrected chi connectivity index (χ4v) is 3.42. The van der Waals surface area contributed by atoms with Crippen LogP contribution in [0.3, 0.4) is 0 Å². The molecule has 0 bridgehead atoms. The number of rotatable bonds is 15. The van der Waals surface area contributed by atoms with Gasteiger partial charge in [0.1, 0.15) is 0 Å². The third kappa shape index (κ3) is 9.56. The van der Waals surface area contributed by atoms with Crippen LogP contribution in [-0.4, -0.2) is 62.4 Å². The summed E-state index contributed by atoms with van der Waals surface area (Å²) in [6.45, 7) is 2.37. The van der Waals surface area contributed by atoms with E-state index in [2.05, 4.69) is 0 Å². The summed E-state index contributed by atoms with van der Waals surface area (Å²) in [5, 5.41) is 0. The highest BCUT2D eigenvalue weighted by molar-refractivity contribution is 7.99. The van der Waals surface area contributed by atoms with Crippen molar-refractivity contribution >= 4 is 29.5 Å². The van der Waals surface area contributed by atoms with E-state index < -0.39 is 0 Å². The van der Waals surface area contributed by atoms with E-state index >= 15 is 0 Å². The Balaban J connectivity index is 2.39. The molecular formula is C18H30N2O4S2. The highest BCUT2D eigenvalue weighted by Crippen LogP contribution is 2.28. The number of carbonyl (C=O) groups is 1. The Morgan fingerprint density at radius 3 is 2.23 bits per heavy atom. The van der Waals surface area contributed by atoms with Crippen molar-refractivity contribution in [3.8, 4) is 11.5 Å². The summed E-state index contributed by atoms with van der Waals surface area (Å²) in [6, 6.07) is 5.11. The van der Waals surface area contributed by atoms with E-state index in [-0.39, 0.29) is 5.97 Å². The molecule has 0 aliphatic heterocycles. The topological polar surface area (TPSA) is 96.8 Å². The van der Waals surface area contributed by atoms with Crippen molar-refractivity contribution in [1.82, 2.24) is 0 Å². The molecule has 0 aliphatic rings. The lowest BCUT2D eigenvalue weighted by Crippen LogP contribution is -2.09. The van der Waals surface area contributed by atoms with Crippen LogP contribution in [0.2, 0.25) is 0 Å². The maximum atomic E-state index is 12.1. The molecule has 6 nitrogen and oxygen atoms in total. The molecule has 0 unspecified atom stereocenters. The quantitative estimate of drug-likeness (QED) is 0.341. The molecule has 0 spiro atoms. The minimum Gasteiger partial charge on any atom is -0.493 e. The number of benzene rings is 1. The SMILES string of the molecule is COc1cc(C(=O)OCCCSCCN)ccc1OCCCSCCN. The van der Waals surface area contributed by atoms with Gasteiger partial charge in [-0.1, -0.05) is 0 Å². The van der Waals surface area contributed by atoms with Gasteiger partial charge in [-0.15, -0.1) is 0 Å². The first-order valence-electron chi connectivity index (χ1n) is 8.76. The number of ether oxygens (including phenoxy) is 3. The van der Waals surface area contributed by atoms with Crippen LogP contribution in [0.4, 0.5) is 0 Å². The van der Waals surface area contributed by atoms with E-state index in [1.807, 2.05) is 11.8 Å². The van der Waals surface area contributed by atoms with Gasteiger partial charge < -0.3 is 25.7 Å². The second-order valence-electron chi connectivity index (χ2n) is 5.36. The van der Waals surface area contributed by atoms with Gasteiger partial charge in [0.05, 0.1) is 25.9 Å². The fraction of sp³-hybridized carbons (Fsp3) is 0.611. The Morgan fingerprint density at radius 2 is 1.62 bits per heavy atom. The number of carbonyl (C=O) groups excluding carboxylic acids is 1. The van der Waals surface area contributed by atoms with E-state index in [4.69, 9.17) is 25.7 Å². The highest BCUT2D eigenvalue weighted by Gasteiger charge is 2.12. The van der Waals surface area contributed by atoms with Gasteiger partial charge in [-0.05, 0) is 42.5 Å². The van der Waals surface area contributed by atoms with Crippen LogP contribution < -0.4 is 20.9 Å². The standard InChI is InChI=1S/C18H30N2O4S2/c1-22-17-14-15(18(21)24-9-3-11-26-13-7-20)4-5-16(17)23-8-2-10-25-12-6-19/h4-5,14H,2-3,6-13,19-20H2,1H3. The van der Waals surface area contributed by atoms with Gasteiger partial charge >= 0.3 is 5.97 Å². The summed E-state index contributed by atoms with van der Waals surface area (Å²) >= 11 is 3.57. The van der Waals surface area contributed by atoms with Gasteiger partial charge in [0, 0.05) is 24.6 Å². The van der Waals surface area contributed by atoms with Gasteiger partial charge in [-0.2, -0.15) is 23.5 Å². The summed E-state index contributed by atoms with van der Waals surface area (Å²) < 4.78 is 16.4. The first kappa shape index (κ1) is 23.0. The number of methoxy groups -OCH3 is 1. The Hall–Kier alpha value is -1.09. The molecule has 0 fully saturated rings. The second kappa shape index (κ2) is 15.0. The third-order valence-electron chi connectivity index (χ3n) is 3.28. The molecule has 1 aromatic carbocycles. The van der Waals surface area contributed by atoms with Gasteiger partial charge in [0.15, 0.2) is 11.5 Å². The predicted octanol–water partition coefficient (Wildman–Crippen LogP) is 2.39. The van der Waals surface area contributed by atoms with Crippen LogP contribution in [0.5, 0.6) is 11.5 Å². The lowest BCUT2D eigenvalue weighted by molar-refractivity contribution is 0.0506. The molecule has 0 atom stereocenters. The van der Waals surface area contributed by atoms with E-state index in [0.717, 1.165) is 35.9 Å². The van der Waals surface area contributed by atoms with Crippen molar-refractivity contribution in [2.24, 2.45) is 11.5 Å². The van der Waals surface area contributed by atoms with E-state index in [0.29, 0.717) is 43.4 Å². The molecule has 148 valence electrons. The first-order chi connectivity index (χ1) is 12.7. The Kier molecular flexibility index (Phi) is 13.3. The average molecular weight is 403 g/mol. The number of hydrogen-bond donors (Lipinski definition) is 2. The summed E-state index contributed by atoms with van der Waals surface area (Å²) in [4.78, 5) is 12.1. The number of hydrogen-bond acceptors (Lipinski definition) is 8. The molecular weight excluding hydrogens is 372 g/mol. The number of esters is 1. The molecule has 0 amide bonds. The zero-order valence-electron chi connectivity index (χ0n) is 15.4. The summed E-state index contributed by atoms with van der Waals surface area (Å²) in [5.41, 5.74) is 11.3. The summed E-state index contributed by atoms with van der Waals surface area (Å²) in [5.74, 6) is 4.65. The Morgan fingerprint density at radius 1 is 0.962 bits per heavy atom. The molecule has 26 heavy (non-hydrogen) atoms. The van der Waals surface area contributed by atoms with E-state index in [1.54, 1.807) is 37.1 Å². The third-order valence-corrected chi connectivity index (χ3v) is 5.48. The monoisotopic (exact) mass is 402 g/mol. The lowest BCUT2D eigenvalue weighted by atomic mass is 10.2. The minimum absolute atomic E-state index is 0.350. The van der Waals surface area contributed by atoms with Crippen LogP contribution in [0.15, 0.2) is 18.2 Å². The van der Waals surface area contributed by atoms with Crippen LogP contribution in [0.1, 0.15) is 23.2 Å². The normalized spacial score (nSPS) is 10.6. The molecule has 8 heteroatoms. The Labute approximate surface area is 164 Å². The second-order valence-corrected chi connectivity index (χ2v) is 7.81. The molecule has 1 aromatic rings.